The molecule has 0 radical (unpaired) electrons. The van der Waals surface area contributed by atoms with Crippen LogP contribution in [0.25, 0.3) is 0 Å². The predicted molar refractivity (Wildman–Crippen MR) is 103 cm³/mol. The molecular formula is C17H23N7O5. The second kappa shape index (κ2) is 10.0. The van der Waals surface area contributed by atoms with Gasteiger partial charge in [-0.1, -0.05) is 6.07 Å². The molecule has 0 aromatic heterocycles. The third kappa shape index (κ3) is 7.10. The van der Waals surface area contributed by atoms with Gasteiger partial charge in [0.25, 0.3) is 5.91 Å². The number of benzene rings is 1. The number of carbonyl (C=O) groups excluding carboxylic acids is 3. The van der Waals surface area contributed by atoms with Crippen LogP contribution in [0.4, 0.5) is 5.69 Å². The van der Waals surface area contributed by atoms with Crippen molar-refractivity contribution in [2.24, 2.45) is 5.73 Å². The molecule has 1 aliphatic rings. The van der Waals surface area contributed by atoms with Crippen molar-refractivity contribution in [2.45, 2.75) is 6.42 Å². The number of hydrogen-bond acceptors (Lipinski definition) is 6. The lowest BCUT2D eigenvalue weighted by Gasteiger charge is -2.34. The molecule has 12 heteroatoms. The molecular weight excluding hydrogens is 382 g/mol. The van der Waals surface area contributed by atoms with Crippen molar-refractivity contribution < 1.29 is 24.3 Å². The fourth-order valence-corrected chi connectivity index (χ4v) is 2.62. The molecule has 3 amide bonds. The van der Waals surface area contributed by atoms with Crippen LogP contribution < -0.4 is 21.8 Å². The van der Waals surface area contributed by atoms with E-state index in [9.17, 15) is 19.2 Å². The lowest BCUT2D eigenvalue weighted by molar-refractivity contribution is -0.136. The van der Waals surface area contributed by atoms with Crippen molar-refractivity contribution in [3.63, 3.8) is 0 Å². The number of rotatable bonds is 7. The number of aliphatic carboxylic acids is 1. The Morgan fingerprint density at radius 3 is 2.41 bits per heavy atom. The Bertz CT molecular complexity index is 805. The van der Waals surface area contributed by atoms with Crippen LogP contribution in [0.2, 0.25) is 0 Å². The van der Waals surface area contributed by atoms with Gasteiger partial charge in [-0.3, -0.25) is 30.0 Å². The summed E-state index contributed by atoms with van der Waals surface area (Å²) in [5, 5.41) is 22.4. The number of hydrogen-bond donors (Lipinski definition) is 6. The van der Waals surface area contributed by atoms with Gasteiger partial charge in [0.2, 0.25) is 11.8 Å². The zero-order valence-corrected chi connectivity index (χ0v) is 15.6. The molecule has 2 rings (SSSR count). The molecule has 1 aromatic carbocycles. The maximum atomic E-state index is 12.1. The maximum Gasteiger partial charge on any atom is 0.322 e. The molecule has 1 saturated heterocycles. The van der Waals surface area contributed by atoms with Crippen molar-refractivity contribution >= 4 is 35.3 Å². The molecule has 0 bridgehead atoms. The summed E-state index contributed by atoms with van der Waals surface area (Å²) < 4.78 is 0. The van der Waals surface area contributed by atoms with Crippen molar-refractivity contribution in [1.82, 2.24) is 20.7 Å². The number of nitrogens with zero attached hydrogens (tertiary/aromatic N) is 2. The van der Waals surface area contributed by atoms with Crippen LogP contribution in [0.1, 0.15) is 16.8 Å². The normalized spacial score (nSPS) is 14.0. The molecule has 0 atom stereocenters. The molecule has 156 valence electrons. The summed E-state index contributed by atoms with van der Waals surface area (Å²) in [5.41, 5.74) is 8.52. The number of nitrogens with two attached hydrogens (primary N) is 1. The lowest BCUT2D eigenvalue weighted by atomic mass is 10.2. The zero-order valence-electron chi connectivity index (χ0n) is 15.6. The van der Waals surface area contributed by atoms with Crippen LogP contribution in [0.3, 0.4) is 0 Å². The topological polar surface area (TPSA) is 181 Å². The van der Waals surface area contributed by atoms with Crippen molar-refractivity contribution in [1.29, 1.82) is 5.41 Å². The summed E-state index contributed by atoms with van der Waals surface area (Å²) >= 11 is 0. The minimum atomic E-state index is -1.17. The average Bonchev–Trinajstić information content (AvgIpc) is 2.66. The van der Waals surface area contributed by atoms with E-state index in [1.165, 1.54) is 18.2 Å². The summed E-state index contributed by atoms with van der Waals surface area (Å²) in [5.74, 6) is -2.83. The second-order valence-corrected chi connectivity index (χ2v) is 6.28. The van der Waals surface area contributed by atoms with Gasteiger partial charge < -0.3 is 26.4 Å². The molecule has 0 spiro atoms. The van der Waals surface area contributed by atoms with Gasteiger partial charge in [-0.2, -0.15) is 0 Å². The van der Waals surface area contributed by atoms with Gasteiger partial charge in [-0.15, -0.1) is 0 Å². The lowest BCUT2D eigenvalue weighted by Crippen LogP contribution is -2.56. The third-order valence-corrected chi connectivity index (χ3v) is 4.03. The van der Waals surface area contributed by atoms with E-state index < -0.39 is 36.7 Å². The first-order chi connectivity index (χ1) is 13.7. The van der Waals surface area contributed by atoms with Crippen LogP contribution in [0, 0.1) is 5.41 Å². The first kappa shape index (κ1) is 21.6. The highest BCUT2D eigenvalue weighted by atomic mass is 16.4. The molecule has 29 heavy (non-hydrogen) atoms. The molecule has 0 aliphatic carbocycles. The van der Waals surface area contributed by atoms with Crippen LogP contribution in [0.5, 0.6) is 0 Å². The Morgan fingerprint density at radius 1 is 1.10 bits per heavy atom. The van der Waals surface area contributed by atoms with Crippen LogP contribution >= 0.6 is 0 Å². The quantitative estimate of drug-likeness (QED) is 0.178. The number of nitrogens with one attached hydrogen (secondary N) is 4. The van der Waals surface area contributed by atoms with Crippen LogP contribution in [-0.4, -0.2) is 77.4 Å². The molecule has 1 aromatic rings. The van der Waals surface area contributed by atoms with E-state index in [0.717, 1.165) is 0 Å². The van der Waals surface area contributed by atoms with Crippen molar-refractivity contribution in [2.75, 3.05) is 38.0 Å². The molecule has 1 heterocycles. The number of carboxylic acids is 1. The first-order valence-corrected chi connectivity index (χ1v) is 8.78. The van der Waals surface area contributed by atoms with Gasteiger partial charge >= 0.3 is 5.97 Å². The third-order valence-electron chi connectivity index (χ3n) is 4.03. The highest BCUT2D eigenvalue weighted by Crippen LogP contribution is 2.11. The van der Waals surface area contributed by atoms with E-state index in [1.807, 2.05) is 0 Å². The molecule has 7 N–H and O–H groups in total. The van der Waals surface area contributed by atoms with Gasteiger partial charge in [0.1, 0.15) is 13.0 Å². The smallest absolute Gasteiger partial charge is 0.322 e. The average molecular weight is 405 g/mol. The van der Waals surface area contributed by atoms with E-state index in [2.05, 4.69) is 16.1 Å². The summed E-state index contributed by atoms with van der Waals surface area (Å²) in [7, 11) is 0. The molecule has 1 aliphatic heterocycles. The summed E-state index contributed by atoms with van der Waals surface area (Å²) in [6, 6.07) is 5.93. The van der Waals surface area contributed by atoms with Gasteiger partial charge in [-0.05, 0) is 18.2 Å². The van der Waals surface area contributed by atoms with Crippen LogP contribution in [-0.2, 0) is 14.4 Å². The number of amides is 3. The summed E-state index contributed by atoms with van der Waals surface area (Å²) in [6.07, 6.45) is -0.414. The molecule has 0 saturated carbocycles. The SMILES string of the molecule is N=C(N)N1CCN(NC(=O)CC(=O)Nc2cccc(C(=O)NCC(=O)O)c2)CC1. The first-order valence-electron chi connectivity index (χ1n) is 8.78. The summed E-state index contributed by atoms with van der Waals surface area (Å²) in [4.78, 5) is 48.2. The Kier molecular flexibility index (Phi) is 7.48. The molecule has 1 fully saturated rings. The van der Waals surface area contributed by atoms with Gasteiger partial charge in [0.15, 0.2) is 5.96 Å². The van der Waals surface area contributed by atoms with E-state index >= 15 is 0 Å². The van der Waals surface area contributed by atoms with Gasteiger partial charge in [0.05, 0.1) is 0 Å². The van der Waals surface area contributed by atoms with Gasteiger partial charge in [-0.25, -0.2) is 5.01 Å². The van der Waals surface area contributed by atoms with E-state index in [4.69, 9.17) is 16.2 Å². The molecule has 0 unspecified atom stereocenters. The minimum Gasteiger partial charge on any atom is -0.480 e. The molecule has 12 nitrogen and oxygen atoms in total. The second-order valence-electron chi connectivity index (χ2n) is 6.28. The number of carboxylic acid groups (broad SMARTS) is 1. The van der Waals surface area contributed by atoms with Crippen LogP contribution in [0.15, 0.2) is 24.3 Å². The summed E-state index contributed by atoms with van der Waals surface area (Å²) in [6.45, 7) is 1.42. The fourth-order valence-electron chi connectivity index (χ4n) is 2.62. The Hall–Kier alpha value is -3.67. The number of piperazine rings is 1. The Morgan fingerprint density at radius 2 is 1.79 bits per heavy atom. The fraction of sp³-hybridized carbons (Fsp3) is 0.353. The minimum absolute atomic E-state index is 0.0192. The standard InChI is InChI=1S/C17H23N7O5/c18-17(19)23-4-6-24(7-5-23)22-14(26)9-13(25)21-12-3-1-2-11(8-12)16(29)20-10-15(27)28/h1-3,8H,4-7,9-10H2,(H3,18,19)(H,20,29)(H,21,25)(H,22,26)(H,27,28). The number of carbonyl (C=O) groups is 4. The highest BCUT2D eigenvalue weighted by Gasteiger charge is 2.20. The largest absolute Gasteiger partial charge is 0.480 e. The zero-order chi connectivity index (χ0) is 21.4. The maximum absolute atomic E-state index is 12.1. The highest BCUT2D eigenvalue weighted by molar-refractivity contribution is 6.04. The monoisotopic (exact) mass is 405 g/mol. The van der Waals surface area contributed by atoms with E-state index in [1.54, 1.807) is 16.0 Å². The van der Waals surface area contributed by atoms with Crippen molar-refractivity contribution in [3.05, 3.63) is 29.8 Å². The van der Waals surface area contributed by atoms with E-state index in [0.29, 0.717) is 31.9 Å². The van der Waals surface area contributed by atoms with E-state index in [-0.39, 0.29) is 11.5 Å². The predicted octanol–water partition coefficient (Wildman–Crippen LogP) is -1.63. The van der Waals surface area contributed by atoms with Crippen molar-refractivity contribution in [3.8, 4) is 0 Å². The Balaban J connectivity index is 1.80. The van der Waals surface area contributed by atoms with Gasteiger partial charge in [0, 0.05) is 37.4 Å². The Labute approximate surface area is 166 Å². The number of guanidine groups is 1. The number of anilines is 1. The number of hydrazine groups is 1.